The van der Waals surface area contributed by atoms with Gasteiger partial charge in [-0.05, 0) is 24.6 Å². The summed E-state index contributed by atoms with van der Waals surface area (Å²) in [6.45, 7) is 2.47. The number of halogens is 2. The van der Waals surface area contributed by atoms with E-state index in [0.29, 0.717) is 22.3 Å². The van der Waals surface area contributed by atoms with Gasteiger partial charge in [-0.1, -0.05) is 59.1 Å². The third-order valence-electron chi connectivity index (χ3n) is 2.77. The van der Waals surface area contributed by atoms with Gasteiger partial charge in [0.25, 0.3) is 0 Å². The summed E-state index contributed by atoms with van der Waals surface area (Å²) >= 11 is 11.9. The van der Waals surface area contributed by atoms with E-state index < -0.39 is 0 Å². The molecule has 0 radical (unpaired) electrons. The van der Waals surface area contributed by atoms with Crippen molar-refractivity contribution in [1.29, 1.82) is 0 Å². The molecule has 0 aromatic heterocycles. The van der Waals surface area contributed by atoms with E-state index in [1.54, 1.807) is 18.2 Å². The summed E-state index contributed by atoms with van der Waals surface area (Å²) in [4.78, 5) is 11.8. The fourth-order valence-corrected chi connectivity index (χ4v) is 2.00. The molecule has 5 heteroatoms. The van der Waals surface area contributed by atoms with Crippen molar-refractivity contribution in [2.75, 3.05) is 5.32 Å². The average Bonchev–Trinajstić information content (AvgIpc) is 2.43. The molecular formula is C15H14Cl2N2O. The summed E-state index contributed by atoms with van der Waals surface area (Å²) in [6, 6.07) is 12.7. The summed E-state index contributed by atoms with van der Waals surface area (Å²) in [6.07, 6.45) is 0. The van der Waals surface area contributed by atoms with Crippen LogP contribution in [-0.2, 0) is 6.54 Å². The quantitative estimate of drug-likeness (QED) is 0.853. The molecule has 2 rings (SSSR count). The van der Waals surface area contributed by atoms with Crippen molar-refractivity contribution in [2.24, 2.45) is 0 Å². The van der Waals surface area contributed by atoms with E-state index in [1.165, 1.54) is 5.56 Å². The second kappa shape index (κ2) is 6.64. The molecule has 0 aliphatic heterocycles. The first-order valence-corrected chi connectivity index (χ1v) is 6.86. The van der Waals surface area contributed by atoms with Crippen LogP contribution in [0.4, 0.5) is 10.5 Å². The van der Waals surface area contributed by atoms with Crippen LogP contribution in [0, 0.1) is 6.92 Å². The molecule has 2 N–H and O–H groups in total. The summed E-state index contributed by atoms with van der Waals surface area (Å²) in [7, 11) is 0. The highest BCUT2D eigenvalue weighted by atomic mass is 35.5. The molecule has 2 aromatic carbocycles. The molecule has 0 atom stereocenters. The van der Waals surface area contributed by atoms with Crippen molar-refractivity contribution in [3.05, 3.63) is 63.6 Å². The highest BCUT2D eigenvalue weighted by Crippen LogP contribution is 2.29. The maximum absolute atomic E-state index is 11.8. The van der Waals surface area contributed by atoms with Crippen molar-refractivity contribution in [3.63, 3.8) is 0 Å². The molecule has 0 aliphatic carbocycles. The van der Waals surface area contributed by atoms with Crippen LogP contribution < -0.4 is 10.6 Å². The minimum absolute atomic E-state index is 0.324. The molecule has 2 aromatic rings. The van der Waals surface area contributed by atoms with Crippen molar-refractivity contribution in [3.8, 4) is 0 Å². The first-order valence-electron chi connectivity index (χ1n) is 6.10. The Morgan fingerprint density at radius 2 is 1.80 bits per heavy atom. The molecule has 0 bridgehead atoms. The zero-order valence-electron chi connectivity index (χ0n) is 10.9. The van der Waals surface area contributed by atoms with Gasteiger partial charge in [0.15, 0.2) is 0 Å². The predicted molar refractivity (Wildman–Crippen MR) is 83.5 cm³/mol. The van der Waals surface area contributed by atoms with Gasteiger partial charge in [-0.2, -0.15) is 0 Å². The van der Waals surface area contributed by atoms with Crippen LogP contribution in [0.15, 0.2) is 42.5 Å². The fourth-order valence-electron chi connectivity index (χ4n) is 1.66. The van der Waals surface area contributed by atoms with Gasteiger partial charge in [-0.25, -0.2) is 4.79 Å². The van der Waals surface area contributed by atoms with E-state index in [9.17, 15) is 4.79 Å². The lowest BCUT2D eigenvalue weighted by molar-refractivity contribution is 0.251. The normalized spacial score (nSPS) is 10.2. The molecule has 2 amide bonds. The van der Waals surface area contributed by atoms with Crippen molar-refractivity contribution < 1.29 is 4.79 Å². The third-order valence-corrected chi connectivity index (χ3v) is 3.59. The Kier molecular flexibility index (Phi) is 4.88. The lowest BCUT2D eigenvalue weighted by Crippen LogP contribution is -2.28. The number of amides is 2. The number of urea groups is 1. The van der Waals surface area contributed by atoms with Crippen LogP contribution in [0.1, 0.15) is 11.1 Å². The number of carbonyl (C=O) groups is 1. The highest BCUT2D eigenvalue weighted by Gasteiger charge is 2.07. The Morgan fingerprint density at radius 3 is 2.50 bits per heavy atom. The van der Waals surface area contributed by atoms with Gasteiger partial charge in [0.2, 0.25) is 0 Å². The van der Waals surface area contributed by atoms with Crippen LogP contribution >= 0.6 is 23.2 Å². The molecule has 104 valence electrons. The zero-order chi connectivity index (χ0) is 14.5. The van der Waals surface area contributed by atoms with E-state index in [4.69, 9.17) is 23.2 Å². The number of hydrogen-bond acceptors (Lipinski definition) is 1. The number of carbonyl (C=O) groups excluding carboxylic acids is 1. The van der Waals surface area contributed by atoms with Crippen LogP contribution in [-0.4, -0.2) is 6.03 Å². The van der Waals surface area contributed by atoms with Gasteiger partial charge in [0.1, 0.15) is 0 Å². The molecule has 0 saturated carbocycles. The maximum Gasteiger partial charge on any atom is 0.319 e. The second-order valence-corrected chi connectivity index (χ2v) is 5.18. The van der Waals surface area contributed by atoms with Crippen molar-refractivity contribution in [1.82, 2.24) is 5.32 Å². The van der Waals surface area contributed by atoms with Crippen molar-refractivity contribution in [2.45, 2.75) is 13.5 Å². The Balaban J connectivity index is 1.92. The number of rotatable bonds is 3. The van der Waals surface area contributed by atoms with E-state index in [1.807, 2.05) is 31.2 Å². The number of nitrogens with one attached hydrogen (secondary N) is 2. The molecule has 3 nitrogen and oxygen atoms in total. The molecule has 0 fully saturated rings. The first-order chi connectivity index (χ1) is 9.56. The Hall–Kier alpha value is -1.71. The second-order valence-electron chi connectivity index (χ2n) is 4.39. The average molecular weight is 309 g/mol. The van der Waals surface area contributed by atoms with Gasteiger partial charge < -0.3 is 10.6 Å². The largest absolute Gasteiger partial charge is 0.334 e. The summed E-state index contributed by atoms with van der Waals surface area (Å²) in [5.41, 5.74) is 2.70. The smallest absolute Gasteiger partial charge is 0.319 e. The topological polar surface area (TPSA) is 41.1 Å². The van der Waals surface area contributed by atoms with Gasteiger partial charge in [-0.15, -0.1) is 0 Å². The van der Waals surface area contributed by atoms with Crippen LogP contribution in [0.25, 0.3) is 0 Å². The number of benzene rings is 2. The Bertz CT molecular complexity index is 612. The van der Waals surface area contributed by atoms with E-state index >= 15 is 0 Å². The zero-order valence-corrected chi connectivity index (χ0v) is 12.4. The van der Waals surface area contributed by atoms with E-state index in [0.717, 1.165) is 5.56 Å². The maximum atomic E-state index is 11.8. The van der Waals surface area contributed by atoms with Gasteiger partial charge in [0.05, 0.1) is 15.7 Å². The van der Waals surface area contributed by atoms with Crippen LogP contribution in [0.5, 0.6) is 0 Å². The molecule has 20 heavy (non-hydrogen) atoms. The van der Waals surface area contributed by atoms with E-state index in [2.05, 4.69) is 10.6 Å². The lowest BCUT2D eigenvalue weighted by atomic mass is 10.1. The van der Waals surface area contributed by atoms with Crippen LogP contribution in [0.2, 0.25) is 10.0 Å². The molecule has 0 spiro atoms. The standard InChI is InChI=1S/C15H14Cl2N2O/c1-10-5-7-11(8-6-10)9-18-15(20)19-13-4-2-3-12(16)14(13)17/h2-8H,9H2,1H3,(H2,18,19,20). The molecule has 0 aliphatic rings. The number of hydrogen-bond donors (Lipinski definition) is 2. The monoisotopic (exact) mass is 308 g/mol. The number of anilines is 1. The van der Waals surface area contributed by atoms with Gasteiger partial charge >= 0.3 is 6.03 Å². The summed E-state index contributed by atoms with van der Waals surface area (Å²) in [5, 5.41) is 6.17. The number of aryl methyl sites for hydroxylation is 1. The lowest BCUT2D eigenvalue weighted by Gasteiger charge is -2.10. The molecule has 0 heterocycles. The van der Waals surface area contributed by atoms with Gasteiger partial charge in [-0.3, -0.25) is 0 Å². The van der Waals surface area contributed by atoms with Crippen molar-refractivity contribution >= 4 is 34.9 Å². The summed E-state index contributed by atoms with van der Waals surface area (Å²) < 4.78 is 0. The molecular weight excluding hydrogens is 295 g/mol. The molecule has 0 unspecified atom stereocenters. The van der Waals surface area contributed by atoms with Crippen LogP contribution in [0.3, 0.4) is 0 Å². The fraction of sp³-hybridized carbons (Fsp3) is 0.133. The highest BCUT2D eigenvalue weighted by molar-refractivity contribution is 6.43. The Labute approximate surface area is 127 Å². The first kappa shape index (κ1) is 14.7. The minimum atomic E-state index is -0.324. The SMILES string of the molecule is Cc1ccc(CNC(=O)Nc2cccc(Cl)c2Cl)cc1. The van der Waals surface area contributed by atoms with Gasteiger partial charge in [0, 0.05) is 6.54 Å². The molecule has 0 saturated heterocycles. The summed E-state index contributed by atoms with van der Waals surface area (Å²) in [5.74, 6) is 0. The third kappa shape index (κ3) is 3.89. The Morgan fingerprint density at radius 1 is 1.10 bits per heavy atom. The minimum Gasteiger partial charge on any atom is -0.334 e. The van der Waals surface area contributed by atoms with E-state index in [-0.39, 0.29) is 6.03 Å². The predicted octanol–water partition coefficient (Wildman–Crippen LogP) is 4.62.